The van der Waals surface area contributed by atoms with E-state index in [0.717, 1.165) is 0 Å². The van der Waals surface area contributed by atoms with E-state index in [9.17, 15) is 8.42 Å². The number of nitrogens with one attached hydrogen (secondary N) is 1. The van der Waals surface area contributed by atoms with Gasteiger partial charge in [0.1, 0.15) is 15.8 Å². The van der Waals surface area contributed by atoms with Crippen LogP contribution in [-0.4, -0.2) is 20.5 Å². The standard InChI is InChI=1S/C12H10Cl2N2O3S/c1-19-8-4-5-9(13)10(7-8)16-20(17,18)11-3-2-6-15-12(11)14/h2-7,16H,1H3. The van der Waals surface area contributed by atoms with Crippen LogP contribution in [0.4, 0.5) is 5.69 Å². The van der Waals surface area contributed by atoms with Crippen LogP contribution in [0.15, 0.2) is 41.4 Å². The fourth-order valence-corrected chi connectivity index (χ4v) is 3.23. The maximum absolute atomic E-state index is 12.2. The average molecular weight is 333 g/mol. The second-order valence-electron chi connectivity index (χ2n) is 3.74. The van der Waals surface area contributed by atoms with Crippen LogP contribution in [0, 0.1) is 0 Å². The Labute approximate surface area is 126 Å². The van der Waals surface area contributed by atoms with Gasteiger partial charge in [0.15, 0.2) is 0 Å². The minimum absolute atomic E-state index is 0.112. The molecule has 0 unspecified atom stereocenters. The van der Waals surface area contributed by atoms with Crippen LogP contribution in [-0.2, 0) is 10.0 Å². The second kappa shape index (κ2) is 5.87. The fraction of sp³-hybridized carbons (Fsp3) is 0.0833. The molecule has 0 radical (unpaired) electrons. The van der Waals surface area contributed by atoms with Crippen molar-refractivity contribution in [3.05, 3.63) is 46.7 Å². The van der Waals surface area contributed by atoms with Crippen LogP contribution in [0.2, 0.25) is 10.2 Å². The summed E-state index contributed by atoms with van der Waals surface area (Å²) in [5, 5.41) is 0.133. The summed E-state index contributed by atoms with van der Waals surface area (Å²) in [6.45, 7) is 0. The van der Waals surface area contributed by atoms with Gasteiger partial charge in [0.2, 0.25) is 0 Å². The quantitative estimate of drug-likeness (QED) is 0.873. The molecule has 0 spiro atoms. The van der Waals surface area contributed by atoms with Crippen LogP contribution in [0.25, 0.3) is 0 Å². The Hall–Kier alpha value is -1.50. The Balaban J connectivity index is 2.41. The van der Waals surface area contributed by atoms with Crippen molar-refractivity contribution in [1.82, 2.24) is 4.98 Å². The van der Waals surface area contributed by atoms with Gasteiger partial charge < -0.3 is 4.74 Å². The van der Waals surface area contributed by atoms with Crippen molar-refractivity contribution in [2.45, 2.75) is 4.90 Å². The fourth-order valence-electron chi connectivity index (χ4n) is 1.48. The van der Waals surface area contributed by atoms with Gasteiger partial charge in [-0.05, 0) is 24.3 Å². The summed E-state index contributed by atoms with van der Waals surface area (Å²) < 4.78 is 31.9. The normalized spacial score (nSPS) is 11.2. The number of pyridine rings is 1. The minimum Gasteiger partial charge on any atom is -0.497 e. The molecular formula is C12H10Cl2N2O3S. The predicted molar refractivity (Wildman–Crippen MR) is 78.1 cm³/mol. The van der Waals surface area contributed by atoms with Crippen molar-refractivity contribution in [3.63, 3.8) is 0 Å². The zero-order valence-corrected chi connectivity index (χ0v) is 12.6. The molecule has 1 aromatic carbocycles. The van der Waals surface area contributed by atoms with Crippen LogP contribution >= 0.6 is 23.2 Å². The molecule has 0 aliphatic rings. The summed E-state index contributed by atoms with van der Waals surface area (Å²) in [5.74, 6) is 0.476. The highest BCUT2D eigenvalue weighted by Gasteiger charge is 2.19. The number of rotatable bonds is 4. The monoisotopic (exact) mass is 332 g/mol. The summed E-state index contributed by atoms with van der Waals surface area (Å²) in [6, 6.07) is 7.46. The van der Waals surface area contributed by atoms with Crippen molar-refractivity contribution in [2.75, 3.05) is 11.8 Å². The first-order valence-electron chi connectivity index (χ1n) is 5.41. The molecule has 0 aliphatic carbocycles. The first kappa shape index (κ1) is 14.9. The summed E-state index contributed by atoms with van der Waals surface area (Å²) in [6.07, 6.45) is 1.40. The molecule has 1 N–H and O–H groups in total. The maximum Gasteiger partial charge on any atom is 0.265 e. The molecule has 0 saturated heterocycles. The molecule has 0 bridgehead atoms. The Bertz CT molecular complexity index is 735. The lowest BCUT2D eigenvalue weighted by Gasteiger charge is -2.11. The van der Waals surface area contributed by atoms with Crippen molar-refractivity contribution in [3.8, 4) is 5.75 Å². The molecule has 20 heavy (non-hydrogen) atoms. The Kier molecular flexibility index (Phi) is 4.37. The van der Waals surface area contributed by atoms with E-state index in [0.29, 0.717) is 5.75 Å². The van der Waals surface area contributed by atoms with Crippen LogP contribution in [0.1, 0.15) is 0 Å². The number of halogens is 2. The zero-order valence-electron chi connectivity index (χ0n) is 10.3. The van der Waals surface area contributed by atoms with E-state index in [-0.39, 0.29) is 20.8 Å². The SMILES string of the molecule is COc1ccc(Cl)c(NS(=O)(=O)c2cccnc2Cl)c1. The molecule has 2 rings (SSSR count). The first-order valence-corrected chi connectivity index (χ1v) is 7.65. The van der Waals surface area contributed by atoms with Gasteiger partial charge in [-0.25, -0.2) is 13.4 Å². The van der Waals surface area contributed by atoms with Crippen molar-refractivity contribution >= 4 is 38.9 Å². The second-order valence-corrected chi connectivity index (χ2v) is 6.16. The van der Waals surface area contributed by atoms with Gasteiger partial charge in [0.25, 0.3) is 10.0 Å². The smallest absolute Gasteiger partial charge is 0.265 e. The van der Waals surface area contributed by atoms with E-state index in [1.807, 2.05) is 0 Å². The number of sulfonamides is 1. The number of benzene rings is 1. The third-order valence-electron chi connectivity index (χ3n) is 2.43. The topological polar surface area (TPSA) is 68.3 Å². The van der Waals surface area contributed by atoms with E-state index >= 15 is 0 Å². The van der Waals surface area contributed by atoms with Crippen LogP contribution < -0.4 is 9.46 Å². The lowest BCUT2D eigenvalue weighted by molar-refractivity contribution is 0.415. The van der Waals surface area contributed by atoms with Crippen molar-refractivity contribution in [1.29, 1.82) is 0 Å². The molecule has 2 aromatic rings. The van der Waals surface area contributed by atoms with Crippen LogP contribution in [0.5, 0.6) is 5.75 Å². The van der Waals surface area contributed by atoms with Crippen molar-refractivity contribution in [2.24, 2.45) is 0 Å². The number of hydrogen-bond donors (Lipinski definition) is 1. The molecule has 1 heterocycles. The van der Waals surface area contributed by atoms with Gasteiger partial charge in [-0.1, -0.05) is 23.2 Å². The maximum atomic E-state index is 12.2. The molecule has 106 valence electrons. The van der Waals surface area contributed by atoms with Gasteiger partial charge in [0.05, 0.1) is 17.8 Å². The molecule has 5 nitrogen and oxygen atoms in total. The van der Waals surface area contributed by atoms with Gasteiger partial charge in [-0.2, -0.15) is 0 Å². The number of methoxy groups -OCH3 is 1. The molecular weight excluding hydrogens is 323 g/mol. The van der Waals surface area contributed by atoms with Crippen LogP contribution in [0.3, 0.4) is 0 Å². The Morgan fingerprint density at radius 2 is 2.00 bits per heavy atom. The number of anilines is 1. The molecule has 0 fully saturated rings. The molecule has 0 amide bonds. The molecule has 0 aliphatic heterocycles. The van der Waals surface area contributed by atoms with Gasteiger partial charge in [-0.15, -0.1) is 0 Å². The summed E-state index contributed by atoms with van der Waals surface area (Å²) >= 11 is 11.7. The Morgan fingerprint density at radius 1 is 1.25 bits per heavy atom. The summed E-state index contributed by atoms with van der Waals surface area (Å²) in [7, 11) is -2.40. The van der Waals surface area contributed by atoms with Crippen molar-refractivity contribution < 1.29 is 13.2 Å². The first-order chi connectivity index (χ1) is 9.44. The molecule has 8 heteroatoms. The predicted octanol–water partition coefficient (Wildman–Crippen LogP) is 3.20. The lowest BCUT2D eigenvalue weighted by Crippen LogP contribution is -2.14. The number of ether oxygens (including phenoxy) is 1. The highest BCUT2D eigenvalue weighted by Crippen LogP contribution is 2.29. The molecule has 0 saturated carbocycles. The minimum atomic E-state index is -3.88. The average Bonchev–Trinajstić information content (AvgIpc) is 2.41. The van der Waals surface area contributed by atoms with Gasteiger partial charge in [0, 0.05) is 12.3 Å². The third kappa shape index (κ3) is 3.15. The largest absolute Gasteiger partial charge is 0.497 e. The highest BCUT2D eigenvalue weighted by molar-refractivity contribution is 7.92. The van der Waals surface area contributed by atoms with E-state index in [1.165, 1.54) is 37.6 Å². The van der Waals surface area contributed by atoms with Gasteiger partial charge in [-0.3, -0.25) is 4.72 Å². The number of hydrogen-bond acceptors (Lipinski definition) is 4. The third-order valence-corrected chi connectivity index (χ3v) is 4.57. The molecule has 0 atom stereocenters. The zero-order chi connectivity index (χ0) is 14.8. The van der Waals surface area contributed by atoms with Gasteiger partial charge >= 0.3 is 0 Å². The van der Waals surface area contributed by atoms with E-state index < -0.39 is 10.0 Å². The van der Waals surface area contributed by atoms with E-state index in [1.54, 1.807) is 6.07 Å². The van der Waals surface area contributed by atoms with E-state index in [4.69, 9.17) is 27.9 Å². The number of aromatic nitrogens is 1. The number of nitrogens with zero attached hydrogens (tertiary/aromatic N) is 1. The summed E-state index contributed by atoms with van der Waals surface area (Å²) in [5.41, 5.74) is 0.200. The lowest BCUT2D eigenvalue weighted by atomic mass is 10.3. The molecule has 1 aromatic heterocycles. The highest BCUT2D eigenvalue weighted by atomic mass is 35.5. The Morgan fingerprint density at radius 3 is 2.65 bits per heavy atom. The summed E-state index contributed by atoms with van der Waals surface area (Å²) in [4.78, 5) is 3.61. The van der Waals surface area contributed by atoms with E-state index in [2.05, 4.69) is 9.71 Å².